The molecule has 25 heavy (non-hydrogen) atoms. The molecule has 0 spiro atoms. The lowest BCUT2D eigenvalue weighted by Gasteiger charge is -2.20. The molecule has 3 amide bonds. The van der Waals surface area contributed by atoms with Crippen molar-refractivity contribution in [3.05, 3.63) is 24.3 Å². The van der Waals surface area contributed by atoms with Crippen molar-refractivity contribution in [1.82, 2.24) is 4.90 Å². The first kappa shape index (κ1) is 17.7. The van der Waals surface area contributed by atoms with Gasteiger partial charge in [0.1, 0.15) is 0 Å². The maximum atomic E-state index is 12.3. The maximum absolute atomic E-state index is 12.3. The van der Waals surface area contributed by atoms with Gasteiger partial charge in [-0.15, -0.1) is 0 Å². The summed E-state index contributed by atoms with van der Waals surface area (Å²) in [5.41, 5.74) is 7.36. The molecule has 1 heterocycles. The minimum atomic E-state index is -0.0429. The maximum Gasteiger partial charge on any atom is 0.321 e. The molecular formula is C19H28N4O2. The first-order valence-corrected chi connectivity index (χ1v) is 9.34. The number of carbonyl (C=O) groups excluding carboxylic acids is 2. The molecule has 1 saturated heterocycles. The predicted molar refractivity (Wildman–Crippen MR) is 99.4 cm³/mol. The summed E-state index contributed by atoms with van der Waals surface area (Å²) in [5, 5.41) is 5.88. The second-order valence-corrected chi connectivity index (χ2v) is 7.17. The van der Waals surface area contributed by atoms with Gasteiger partial charge >= 0.3 is 6.03 Å². The lowest BCUT2D eigenvalue weighted by atomic mass is 10.1. The van der Waals surface area contributed by atoms with E-state index in [1.54, 1.807) is 0 Å². The van der Waals surface area contributed by atoms with Crippen LogP contribution in [0.25, 0.3) is 0 Å². The lowest BCUT2D eigenvalue weighted by Crippen LogP contribution is -2.35. The number of nitrogens with one attached hydrogen (secondary N) is 2. The Bertz CT molecular complexity index is 594. The Hall–Kier alpha value is -2.08. The second-order valence-electron chi connectivity index (χ2n) is 7.17. The highest BCUT2D eigenvalue weighted by atomic mass is 16.2. The molecule has 0 aromatic heterocycles. The van der Waals surface area contributed by atoms with Crippen molar-refractivity contribution < 1.29 is 9.59 Å². The normalized spacial score (nSPS) is 23.8. The van der Waals surface area contributed by atoms with Crippen molar-refractivity contribution in [3.63, 3.8) is 0 Å². The van der Waals surface area contributed by atoms with Gasteiger partial charge in [-0.3, -0.25) is 4.79 Å². The van der Waals surface area contributed by atoms with E-state index in [0.29, 0.717) is 0 Å². The fourth-order valence-electron chi connectivity index (χ4n) is 3.61. The Balaban J connectivity index is 1.51. The van der Waals surface area contributed by atoms with Crippen LogP contribution in [-0.2, 0) is 4.79 Å². The Kier molecular flexibility index (Phi) is 5.91. The van der Waals surface area contributed by atoms with Crippen LogP contribution in [0.3, 0.4) is 0 Å². The van der Waals surface area contributed by atoms with E-state index < -0.39 is 0 Å². The Morgan fingerprint density at radius 3 is 2.08 bits per heavy atom. The van der Waals surface area contributed by atoms with E-state index in [0.717, 1.165) is 56.6 Å². The van der Waals surface area contributed by atoms with Crippen LogP contribution in [0.5, 0.6) is 0 Å². The molecule has 2 atom stereocenters. The quantitative estimate of drug-likeness (QED) is 0.787. The smallest absolute Gasteiger partial charge is 0.321 e. The number of benzene rings is 1. The molecule has 1 aliphatic heterocycles. The fraction of sp³-hybridized carbons (Fsp3) is 0.579. The van der Waals surface area contributed by atoms with Crippen LogP contribution in [0.2, 0.25) is 0 Å². The van der Waals surface area contributed by atoms with Crippen molar-refractivity contribution in [1.29, 1.82) is 0 Å². The van der Waals surface area contributed by atoms with E-state index in [4.69, 9.17) is 5.73 Å². The molecule has 0 bridgehead atoms. The van der Waals surface area contributed by atoms with Crippen molar-refractivity contribution in [2.24, 2.45) is 11.7 Å². The van der Waals surface area contributed by atoms with E-state index in [-0.39, 0.29) is 23.9 Å². The molecule has 2 aliphatic rings. The lowest BCUT2D eigenvalue weighted by molar-refractivity contribution is -0.119. The molecule has 6 nitrogen and oxygen atoms in total. The van der Waals surface area contributed by atoms with Crippen LogP contribution >= 0.6 is 0 Å². The number of nitrogens with two attached hydrogens (primary N) is 1. The zero-order chi connectivity index (χ0) is 17.6. The Labute approximate surface area is 149 Å². The molecule has 1 aromatic rings. The summed E-state index contributed by atoms with van der Waals surface area (Å²) in [6.07, 6.45) is 7.08. The molecule has 2 unspecified atom stereocenters. The van der Waals surface area contributed by atoms with Gasteiger partial charge in [0.2, 0.25) is 5.91 Å². The number of likely N-dealkylation sites (tertiary alicyclic amines) is 1. The highest BCUT2D eigenvalue weighted by Crippen LogP contribution is 2.25. The minimum absolute atomic E-state index is 0.0115. The van der Waals surface area contributed by atoms with Gasteiger partial charge in [0.15, 0.2) is 0 Å². The number of hydrogen-bond donors (Lipinski definition) is 3. The van der Waals surface area contributed by atoms with Gasteiger partial charge in [0.05, 0.1) is 0 Å². The molecule has 6 heteroatoms. The SMILES string of the molecule is NC1CCC(C(=O)Nc2ccc(NC(=O)N3CCCCCC3)cc2)C1. The molecule has 2 fully saturated rings. The first-order valence-electron chi connectivity index (χ1n) is 9.34. The number of rotatable bonds is 3. The fourth-order valence-corrected chi connectivity index (χ4v) is 3.61. The number of carbonyl (C=O) groups is 2. The van der Waals surface area contributed by atoms with Crippen LogP contribution in [-0.4, -0.2) is 36.0 Å². The molecular weight excluding hydrogens is 316 g/mol. The monoisotopic (exact) mass is 344 g/mol. The molecule has 3 rings (SSSR count). The van der Waals surface area contributed by atoms with Crippen LogP contribution in [0.15, 0.2) is 24.3 Å². The average Bonchev–Trinajstić information content (AvgIpc) is 2.87. The first-order chi connectivity index (χ1) is 12.1. The van der Waals surface area contributed by atoms with Gasteiger partial charge in [-0.25, -0.2) is 4.79 Å². The zero-order valence-electron chi connectivity index (χ0n) is 14.7. The third-order valence-corrected chi connectivity index (χ3v) is 5.14. The van der Waals surface area contributed by atoms with Crippen molar-refractivity contribution >= 4 is 23.3 Å². The summed E-state index contributed by atoms with van der Waals surface area (Å²) < 4.78 is 0. The summed E-state index contributed by atoms with van der Waals surface area (Å²) in [7, 11) is 0. The summed E-state index contributed by atoms with van der Waals surface area (Å²) in [4.78, 5) is 26.4. The van der Waals surface area contributed by atoms with Gasteiger partial charge in [0.25, 0.3) is 0 Å². The van der Waals surface area contributed by atoms with Gasteiger partial charge in [0, 0.05) is 36.4 Å². The summed E-state index contributed by atoms with van der Waals surface area (Å²) in [5.74, 6) is 0.0479. The van der Waals surface area contributed by atoms with Gasteiger partial charge < -0.3 is 21.3 Å². The number of amides is 3. The highest BCUT2D eigenvalue weighted by Gasteiger charge is 2.27. The number of urea groups is 1. The summed E-state index contributed by atoms with van der Waals surface area (Å²) >= 11 is 0. The van der Waals surface area contributed by atoms with E-state index in [1.165, 1.54) is 12.8 Å². The molecule has 136 valence electrons. The van der Waals surface area contributed by atoms with E-state index in [1.807, 2.05) is 29.2 Å². The highest BCUT2D eigenvalue weighted by molar-refractivity contribution is 5.93. The predicted octanol–water partition coefficient (Wildman–Crippen LogP) is 3.16. The third kappa shape index (κ3) is 4.95. The Morgan fingerprint density at radius 1 is 0.920 bits per heavy atom. The molecule has 1 aliphatic carbocycles. The van der Waals surface area contributed by atoms with Crippen molar-refractivity contribution in [3.8, 4) is 0 Å². The molecule has 1 saturated carbocycles. The van der Waals surface area contributed by atoms with Crippen molar-refractivity contribution in [2.45, 2.75) is 51.0 Å². The number of anilines is 2. The average molecular weight is 344 g/mol. The largest absolute Gasteiger partial charge is 0.328 e. The van der Waals surface area contributed by atoms with Crippen LogP contribution in [0.1, 0.15) is 44.9 Å². The van der Waals surface area contributed by atoms with E-state index >= 15 is 0 Å². The van der Waals surface area contributed by atoms with Crippen molar-refractivity contribution in [2.75, 3.05) is 23.7 Å². The topological polar surface area (TPSA) is 87.5 Å². The summed E-state index contributed by atoms with van der Waals surface area (Å²) in [6.45, 7) is 1.65. The number of nitrogens with zero attached hydrogens (tertiary/aromatic N) is 1. The zero-order valence-corrected chi connectivity index (χ0v) is 14.7. The van der Waals surface area contributed by atoms with Crippen LogP contribution in [0.4, 0.5) is 16.2 Å². The molecule has 1 aromatic carbocycles. The van der Waals surface area contributed by atoms with E-state index in [2.05, 4.69) is 10.6 Å². The molecule has 0 radical (unpaired) electrons. The van der Waals surface area contributed by atoms with Crippen LogP contribution in [0, 0.1) is 5.92 Å². The van der Waals surface area contributed by atoms with Gasteiger partial charge in [-0.1, -0.05) is 12.8 Å². The van der Waals surface area contributed by atoms with Gasteiger partial charge in [-0.2, -0.15) is 0 Å². The summed E-state index contributed by atoms with van der Waals surface area (Å²) in [6, 6.07) is 7.40. The standard InChI is InChI=1S/C19H28N4O2/c20-15-6-5-14(13-15)18(24)21-16-7-9-17(10-8-16)22-19(25)23-11-3-1-2-4-12-23/h7-10,14-15H,1-6,11-13,20H2,(H,21,24)(H,22,25). The van der Waals surface area contributed by atoms with Crippen LogP contribution < -0.4 is 16.4 Å². The third-order valence-electron chi connectivity index (χ3n) is 5.14. The van der Waals surface area contributed by atoms with E-state index in [9.17, 15) is 9.59 Å². The second kappa shape index (κ2) is 8.34. The Morgan fingerprint density at radius 2 is 1.52 bits per heavy atom. The number of hydrogen-bond acceptors (Lipinski definition) is 3. The van der Waals surface area contributed by atoms with Gasteiger partial charge in [-0.05, 0) is 56.4 Å². The molecule has 4 N–H and O–H groups in total. The minimum Gasteiger partial charge on any atom is -0.328 e.